The Hall–Kier alpha value is -2.41. The van der Waals surface area contributed by atoms with Crippen LogP contribution in [-0.4, -0.2) is 21.3 Å². The number of rotatable bonds is 4. The van der Waals surface area contributed by atoms with Crippen LogP contribution in [0.25, 0.3) is 0 Å². The highest BCUT2D eigenvalue weighted by Crippen LogP contribution is 2.33. The maximum Gasteiger partial charge on any atom is 0.232 e. The summed E-state index contributed by atoms with van der Waals surface area (Å²) in [6.07, 6.45) is 0. The van der Waals surface area contributed by atoms with Crippen LogP contribution in [0.5, 0.6) is 0 Å². The second-order valence-electron chi connectivity index (χ2n) is 5.48. The molecule has 0 saturated carbocycles. The number of nitrogens with zero attached hydrogens (tertiary/aromatic N) is 4. The number of benzene rings is 2. The number of thioether (sulfide) groups is 1. The Morgan fingerprint density at radius 1 is 0.875 bits per heavy atom. The van der Waals surface area contributed by atoms with Gasteiger partial charge < -0.3 is 4.90 Å². The Labute approximate surface area is 142 Å². The van der Waals surface area contributed by atoms with Gasteiger partial charge in [-0.3, -0.25) is 4.57 Å². The van der Waals surface area contributed by atoms with E-state index >= 15 is 0 Å². The first kappa shape index (κ1) is 15.1. The maximum absolute atomic E-state index is 13.1. The zero-order valence-corrected chi connectivity index (χ0v) is 13.5. The normalized spacial score (nSPS) is 13.3. The standard InChI is InChI=1S/C17H14F2N4S/c18-13-3-1-12(2-4-13)11-24-17-21-20-16-22(9-10-23(16)17)15-7-5-14(19)6-8-15/h1-8H,9-11H2. The number of hydrogen-bond donors (Lipinski definition) is 0. The van der Waals surface area contributed by atoms with Crippen molar-refractivity contribution < 1.29 is 8.78 Å². The van der Waals surface area contributed by atoms with Gasteiger partial charge in [-0.15, -0.1) is 10.2 Å². The molecule has 0 unspecified atom stereocenters. The van der Waals surface area contributed by atoms with Crippen molar-refractivity contribution in [3.8, 4) is 0 Å². The molecule has 0 radical (unpaired) electrons. The van der Waals surface area contributed by atoms with Crippen molar-refractivity contribution in [2.24, 2.45) is 0 Å². The van der Waals surface area contributed by atoms with Gasteiger partial charge in [-0.2, -0.15) is 0 Å². The molecule has 0 atom stereocenters. The summed E-state index contributed by atoms with van der Waals surface area (Å²) in [6.45, 7) is 1.56. The van der Waals surface area contributed by atoms with E-state index in [0.29, 0.717) is 5.75 Å². The predicted octanol–water partition coefficient (Wildman–Crippen LogP) is 4.00. The van der Waals surface area contributed by atoms with Crippen molar-refractivity contribution in [2.75, 3.05) is 11.4 Å². The predicted molar refractivity (Wildman–Crippen MR) is 89.4 cm³/mol. The van der Waals surface area contributed by atoms with Gasteiger partial charge in [0, 0.05) is 24.5 Å². The Morgan fingerprint density at radius 3 is 2.25 bits per heavy atom. The van der Waals surface area contributed by atoms with Gasteiger partial charge in [-0.25, -0.2) is 8.78 Å². The highest BCUT2D eigenvalue weighted by Gasteiger charge is 2.25. The van der Waals surface area contributed by atoms with Gasteiger partial charge in [0.15, 0.2) is 5.16 Å². The second kappa shape index (κ2) is 6.24. The summed E-state index contributed by atoms with van der Waals surface area (Å²) < 4.78 is 28.1. The van der Waals surface area contributed by atoms with Gasteiger partial charge in [-0.05, 0) is 42.0 Å². The summed E-state index contributed by atoms with van der Waals surface area (Å²) >= 11 is 1.57. The average Bonchev–Trinajstić information content (AvgIpc) is 3.18. The Bertz CT molecular complexity index is 846. The summed E-state index contributed by atoms with van der Waals surface area (Å²) in [5.74, 6) is 0.981. The molecule has 4 rings (SSSR count). The lowest BCUT2D eigenvalue weighted by atomic mass is 10.2. The van der Waals surface area contributed by atoms with Gasteiger partial charge in [0.1, 0.15) is 11.6 Å². The third-order valence-corrected chi connectivity index (χ3v) is 4.94. The third kappa shape index (κ3) is 2.87. The van der Waals surface area contributed by atoms with E-state index in [2.05, 4.69) is 14.8 Å². The lowest BCUT2D eigenvalue weighted by molar-refractivity contribution is 0.627. The molecule has 122 valence electrons. The summed E-state index contributed by atoms with van der Waals surface area (Å²) in [6, 6.07) is 12.8. The van der Waals surface area contributed by atoms with Crippen molar-refractivity contribution in [3.63, 3.8) is 0 Å². The molecule has 24 heavy (non-hydrogen) atoms. The van der Waals surface area contributed by atoms with E-state index in [4.69, 9.17) is 0 Å². The SMILES string of the molecule is Fc1ccc(CSc2nnc3n2CCN3c2ccc(F)cc2)cc1. The maximum atomic E-state index is 13.1. The molecule has 0 amide bonds. The molecule has 3 aromatic rings. The Morgan fingerprint density at radius 2 is 1.54 bits per heavy atom. The molecular weight excluding hydrogens is 330 g/mol. The summed E-state index contributed by atoms with van der Waals surface area (Å²) in [5.41, 5.74) is 1.93. The first-order chi connectivity index (χ1) is 11.7. The second-order valence-corrected chi connectivity index (χ2v) is 6.42. The molecule has 0 aliphatic carbocycles. The summed E-state index contributed by atoms with van der Waals surface area (Å²) in [5, 5.41) is 9.35. The molecule has 0 spiro atoms. The minimum atomic E-state index is -0.255. The zero-order valence-electron chi connectivity index (χ0n) is 12.7. The van der Waals surface area contributed by atoms with Crippen LogP contribution in [-0.2, 0) is 12.3 Å². The van der Waals surface area contributed by atoms with Crippen molar-refractivity contribution in [1.82, 2.24) is 14.8 Å². The molecule has 0 N–H and O–H groups in total. The number of hydrogen-bond acceptors (Lipinski definition) is 4. The smallest absolute Gasteiger partial charge is 0.232 e. The lowest BCUT2D eigenvalue weighted by Gasteiger charge is -2.14. The molecule has 1 aromatic heterocycles. The van der Waals surface area contributed by atoms with Crippen LogP contribution in [0.4, 0.5) is 20.4 Å². The highest BCUT2D eigenvalue weighted by atomic mass is 32.2. The van der Waals surface area contributed by atoms with E-state index in [1.807, 2.05) is 4.90 Å². The molecular formula is C17H14F2N4S. The molecule has 7 heteroatoms. The minimum Gasteiger partial charge on any atom is -0.309 e. The van der Waals surface area contributed by atoms with Crippen molar-refractivity contribution in [3.05, 3.63) is 65.7 Å². The first-order valence-corrected chi connectivity index (χ1v) is 8.53. The highest BCUT2D eigenvalue weighted by molar-refractivity contribution is 7.98. The minimum absolute atomic E-state index is 0.234. The Balaban J connectivity index is 1.51. The summed E-state index contributed by atoms with van der Waals surface area (Å²) in [4.78, 5) is 2.02. The third-order valence-electron chi connectivity index (χ3n) is 3.91. The van der Waals surface area contributed by atoms with Crippen LogP contribution >= 0.6 is 11.8 Å². The Kier molecular flexibility index (Phi) is 3.93. The molecule has 0 fully saturated rings. The number of halogens is 2. The van der Waals surface area contributed by atoms with Crippen molar-refractivity contribution in [1.29, 1.82) is 0 Å². The van der Waals surface area contributed by atoms with Crippen LogP contribution in [0, 0.1) is 11.6 Å². The molecule has 0 saturated heterocycles. The molecule has 4 nitrogen and oxygen atoms in total. The van der Waals surface area contributed by atoms with E-state index in [9.17, 15) is 8.78 Å². The van der Waals surface area contributed by atoms with Gasteiger partial charge in [-0.1, -0.05) is 23.9 Å². The van der Waals surface area contributed by atoms with Gasteiger partial charge in [0.25, 0.3) is 0 Å². The topological polar surface area (TPSA) is 34.0 Å². The summed E-state index contributed by atoms with van der Waals surface area (Å²) in [7, 11) is 0. The van der Waals surface area contributed by atoms with E-state index < -0.39 is 0 Å². The number of anilines is 2. The number of aromatic nitrogens is 3. The molecule has 2 heterocycles. The average molecular weight is 344 g/mol. The lowest BCUT2D eigenvalue weighted by Crippen LogP contribution is -2.14. The van der Waals surface area contributed by atoms with Crippen LogP contribution in [0.2, 0.25) is 0 Å². The van der Waals surface area contributed by atoms with Gasteiger partial charge in [0.2, 0.25) is 5.95 Å². The number of fused-ring (bicyclic) bond motifs is 1. The van der Waals surface area contributed by atoms with E-state index in [0.717, 1.165) is 35.4 Å². The van der Waals surface area contributed by atoms with Crippen LogP contribution in [0.1, 0.15) is 5.56 Å². The quantitative estimate of drug-likeness (QED) is 0.670. The monoisotopic (exact) mass is 344 g/mol. The van der Waals surface area contributed by atoms with Crippen molar-refractivity contribution in [2.45, 2.75) is 17.5 Å². The van der Waals surface area contributed by atoms with Gasteiger partial charge in [0.05, 0.1) is 0 Å². The molecule has 1 aliphatic heterocycles. The fourth-order valence-electron chi connectivity index (χ4n) is 2.68. The van der Waals surface area contributed by atoms with Crippen LogP contribution in [0.15, 0.2) is 53.7 Å². The van der Waals surface area contributed by atoms with Crippen LogP contribution in [0.3, 0.4) is 0 Å². The zero-order chi connectivity index (χ0) is 16.5. The van der Waals surface area contributed by atoms with Crippen LogP contribution < -0.4 is 4.90 Å². The van der Waals surface area contributed by atoms with E-state index in [1.165, 1.54) is 24.3 Å². The molecule has 0 bridgehead atoms. The fraction of sp³-hybridized carbons (Fsp3) is 0.176. The van der Waals surface area contributed by atoms with Crippen molar-refractivity contribution >= 4 is 23.4 Å². The largest absolute Gasteiger partial charge is 0.309 e. The molecule has 2 aromatic carbocycles. The fourth-order valence-corrected chi connectivity index (χ4v) is 3.59. The first-order valence-electron chi connectivity index (χ1n) is 7.54. The van der Waals surface area contributed by atoms with E-state index in [-0.39, 0.29) is 11.6 Å². The van der Waals surface area contributed by atoms with E-state index in [1.54, 1.807) is 36.0 Å². The molecule has 1 aliphatic rings. The van der Waals surface area contributed by atoms with Gasteiger partial charge >= 0.3 is 0 Å².